The average molecular weight is 436 g/mol. The number of rotatable bonds is 7. The lowest BCUT2D eigenvalue weighted by molar-refractivity contribution is -0.353. The van der Waals surface area contributed by atoms with Crippen molar-refractivity contribution in [3.63, 3.8) is 0 Å². The molecular formula is C17H22Cl2FN4O2S+. The minimum atomic E-state index is -3.62. The second-order valence-electron chi connectivity index (χ2n) is 6.18. The summed E-state index contributed by atoms with van der Waals surface area (Å²) in [7, 11) is -0.735. The molecule has 0 fully saturated rings. The maximum atomic E-state index is 13.7. The molecular weight excluding hydrogens is 414 g/mol. The molecule has 0 radical (unpaired) electrons. The van der Waals surface area contributed by atoms with Gasteiger partial charge in [-0.15, -0.1) is 0 Å². The van der Waals surface area contributed by atoms with Gasteiger partial charge in [-0.05, 0) is 24.6 Å². The molecule has 1 aromatic carbocycles. The molecule has 0 bridgehead atoms. The van der Waals surface area contributed by atoms with E-state index in [9.17, 15) is 12.8 Å². The van der Waals surface area contributed by atoms with Crippen molar-refractivity contribution in [2.45, 2.75) is 24.8 Å². The van der Waals surface area contributed by atoms with Crippen molar-refractivity contribution < 1.29 is 18.5 Å². The van der Waals surface area contributed by atoms with E-state index < -0.39 is 10.0 Å². The lowest BCUT2D eigenvalue weighted by Crippen LogP contribution is -2.49. The molecule has 0 unspecified atom stereocenters. The number of hydrogen-bond acceptors (Lipinski definition) is 3. The molecule has 3 N–H and O–H groups in total. The van der Waals surface area contributed by atoms with Crippen LogP contribution in [-0.4, -0.2) is 43.1 Å². The fraction of sp³-hybridized carbons (Fsp3) is 0.353. The topological polar surface area (TPSA) is 82.8 Å². The molecule has 0 amide bonds. The van der Waals surface area contributed by atoms with Gasteiger partial charge in [0.25, 0.3) is 0 Å². The number of aromatic nitrogens is 2. The number of halogens is 3. The van der Waals surface area contributed by atoms with Gasteiger partial charge >= 0.3 is 0 Å². The van der Waals surface area contributed by atoms with E-state index in [1.807, 2.05) is 0 Å². The third-order valence-corrected chi connectivity index (χ3v) is 6.71. The molecule has 2 rings (SSSR count). The largest absolute Gasteiger partial charge is 0.354 e. The van der Waals surface area contributed by atoms with Crippen LogP contribution in [0.2, 0.25) is 10.2 Å². The van der Waals surface area contributed by atoms with Crippen molar-refractivity contribution in [2.24, 2.45) is 0 Å². The first kappa shape index (κ1) is 21.8. The van der Waals surface area contributed by atoms with Gasteiger partial charge in [0.1, 0.15) is 15.9 Å². The van der Waals surface area contributed by atoms with Crippen LogP contribution in [0.15, 0.2) is 35.0 Å². The molecule has 0 atom stereocenters. The summed E-state index contributed by atoms with van der Waals surface area (Å²) >= 11 is 12.6. The molecule has 1 aromatic heterocycles. The fourth-order valence-electron chi connectivity index (χ4n) is 2.52. The molecule has 2 aromatic rings. The lowest BCUT2D eigenvalue weighted by atomic mass is 10.1. The molecule has 10 heteroatoms. The number of nitrogens with zero attached hydrogens (tertiary/aromatic N) is 3. The Morgan fingerprint density at radius 1 is 1.37 bits per heavy atom. The van der Waals surface area contributed by atoms with Crippen LogP contribution in [0.4, 0.5) is 4.39 Å². The summed E-state index contributed by atoms with van der Waals surface area (Å²) < 4.78 is 40.7. The second-order valence-corrected chi connectivity index (χ2v) is 9.07. The number of aryl methyl sites for hydroxylation is 1. The molecule has 0 spiro atoms. The van der Waals surface area contributed by atoms with Gasteiger partial charge in [0.05, 0.1) is 23.8 Å². The summed E-state index contributed by atoms with van der Waals surface area (Å²) in [5, 5.41) is 4.74. The smallest absolute Gasteiger partial charge is 0.244 e. The number of quaternary nitrogens is 1. The zero-order valence-electron chi connectivity index (χ0n) is 15.3. The summed E-state index contributed by atoms with van der Waals surface area (Å²) in [6.07, 6.45) is 1.77. The monoisotopic (exact) mass is 435 g/mol. The van der Waals surface area contributed by atoms with Gasteiger partial charge in [-0.3, -0.25) is 0 Å². The van der Waals surface area contributed by atoms with Crippen LogP contribution < -0.4 is 5.73 Å². The van der Waals surface area contributed by atoms with Crippen LogP contribution in [-0.2, 0) is 23.0 Å². The van der Waals surface area contributed by atoms with Gasteiger partial charge in [-0.2, -0.15) is 5.10 Å². The molecule has 6 nitrogen and oxygen atoms in total. The molecule has 27 heavy (non-hydrogen) atoms. The van der Waals surface area contributed by atoms with Crippen LogP contribution in [0.25, 0.3) is 0 Å². The number of hydrogen-bond donors (Lipinski definition) is 1. The van der Waals surface area contributed by atoms with E-state index >= 15 is 0 Å². The van der Waals surface area contributed by atoms with Crippen molar-refractivity contribution in [1.82, 2.24) is 14.1 Å². The zero-order chi connectivity index (χ0) is 20.4. The molecule has 0 saturated heterocycles. The van der Waals surface area contributed by atoms with E-state index in [0.29, 0.717) is 23.8 Å². The maximum absolute atomic E-state index is 13.7. The first-order valence-electron chi connectivity index (χ1n) is 8.14. The van der Waals surface area contributed by atoms with Gasteiger partial charge in [0, 0.05) is 32.2 Å². The van der Waals surface area contributed by atoms with Gasteiger partial charge in [0.15, 0.2) is 0 Å². The van der Waals surface area contributed by atoms with E-state index in [2.05, 4.69) is 10.8 Å². The highest BCUT2D eigenvalue weighted by Gasteiger charge is 2.21. The minimum absolute atomic E-state index is 0.0387. The van der Waals surface area contributed by atoms with E-state index in [0.717, 1.165) is 15.4 Å². The van der Waals surface area contributed by atoms with Crippen molar-refractivity contribution in [1.29, 1.82) is 0 Å². The third kappa shape index (κ3) is 4.89. The van der Waals surface area contributed by atoms with E-state index in [1.54, 1.807) is 19.1 Å². The summed E-state index contributed by atoms with van der Waals surface area (Å²) in [5.41, 5.74) is 5.75. The molecule has 0 aliphatic carbocycles. The first-order valence-corrected chi connectivity index (χ1v) is 10.3. The molecule has 148 valence electrons. The minimum Gasteiger partial charge on any atom is -0.354 e. The number of benzene rings is 1. The van der Waals surface area contributed by atoms with Crippen LogP contribution in [0.3, 0.4) is 0 Å². The Labute approximate surface area is 168 Å². The quantitative estimate of drug-likeness (QED) is 0.724. The van der Waals surface area contributed by atoms with E-state index in [1.165, 1.54) is 30.9 Å². The van der Waals surface area contributed by atoms with Gasteiger partial charge in [-0.25, -0.2) is 21.8 Å². The standard InChI is InChI=1S/C17H21Cl2FN4O2S/c1-11-14(17(19)24(22-11)10-13(20)6-7-21)8-12-4-5-16(15(18)9-12)27(25,26)23(2)3/h4-6,9H,7-8,10,21H2,1-3H3/p+1/b13-6-. The Hall–Kier alpha value is -1.45. The molecule has 1 heterocycles. The second kappa shape index (κ2) is 8.70. The third-order valence-electron chi connectivity index (χ3n) is 3.99. The van der Waals surface area contributed by atoms with Gasteiger partial charge in [0.2, 0.25) is 10.0 Å². The SMILES string of the molecule is Cc1nn(C/C(F)=C/C[NH3+])c(Cl)c1Cc1ccc(S(=O)(=O)N(C)C)c(Cl)c1. The fourth-order valence-corrected chi connectivity index (χ4v) is 4.26. The van der Waals surface area contributed by atoms with Crippen LogP contribution in [0.1, 0.15) is 16.8 Å². The molecule has 0 saturated carbocycles. The Kier molecular flexibility index (Phi) is 7.04. The van der Waals surface area contributed by atoms with Crippen LogP contribution >= 0.6 is 23.2 Å². The highest BCUT2D eigenvalue weighted by Crippen LogP contribution is 2.28. The predicted octanol–water partition coefficient (Wildman–Crippen LogP) is 2.43. The number of allylic oxidation sites excluding steroid dienone is 1. The lowest BCUT2D eigenvalue weighted by Gasteiger charge is -2.13. The predicted molar refractivity (Wildman–Crippen MR) is 104 cm³/mol. The maximum Gasteiger partial charge on any atom is 0.244 e. The summed E-state index contributed by atoms with van der Waals surface area (Å²) in [6.45, 7) is 2.07. The van der Waals surface area contributed by atoms with Gasteiger partial charge < -0.3 is 5.73 Å². The van der Waals surface area contributed by atoms with Crippen molar-refractivity contribution in [3.8, 4) is 0 Å². The number of sulfonamides is 1. The normalized spacial score (nSPS) is 12.8. The summed E-state index contributed by atoms with van der Waals surface area (Å²) in [4.78, 5) is 0.0387. The Bertz CT molecular complexity index is 972. The van der Waals surface area contributed by atoms with E-state index in [-0.39, 0.29) is 22.3 Å². The zero-order valence-corrected chi connectivity index (χ0v) is 17.7. The van der Waals surface area contributed by atoms with Crippen molar-refractivity contribution >= 4 is 33.2 Å². The molecule has 0 aliphatic heterocycles. The Morgan fingerprint density at radius 2 is 2.04 bits per heavy atom. The summed E-state index contributed by atoms with van der Waals surface area (Å²) in [5.74, 6) is -0.359. The van der Waals surface area contributed by atoms with Crippen LogP contribution in [0, 0.1) is 6.92 Å². The van der Waals surface area contributed by atoms with E-state index in [4.69, 9.17) is 23.2 Å². The average Bonchev–Trinajstić information content (AvgIpc) is 2.82. The van der Waals surface area contributed by atoms with Gasteiger partial charge in [-0.1, -0.05) is 29.3 Å². The highest BCUT2D eigenvalue weighted by atomic mass is 35.5. The summed E-state index contributed by atoms with van der Waals surface area (Å²) in [6, 6.07) is 4.74. The first-order chi connectivity index (χ1) is 12.6. The highest BCUT2D eigenvalue weighted by molar-refractivity contribution is 7.89. The van der Waals surface area contributed by atoms with Crippen molar-refractivity contribution in [3.05, 3.63) is 57.1 Å². The molecule has 0 aliphatic rings. The Balaban J connectivity index is 2.32. The van der Waals surface area contributed by atoms with Crippen molar-refractivity contribution in [2.75, 3.05) is 20.6 Å². The Morgan fingerprint density at radius 3 is 2.59 bits per heavy atom. The van der Waals surface area contributed by atoms with Crippen LogP contribution in [0.5, 0.6) is 0 Å².